The SMILES string of the molecule is O=C(c1ccc([N+](=O)[O-])s1)N1CCCC(CBr)C1. The Morgan fingerprint density at radius 3 is 3.00 bits per heavy atom. The number of hydrogen-bond acceptors (Lipinski definition) is 4. The van der Waals surface area contributed by atoms with Crippen molar-refractivity contribution in [2.24, 2.45) is 5.92 Å². The molecule has 1 aromatic rings. The van der Waals surface area contributed by atoms with Gasteiger partial charge in [0, 0.05) is 24.5 Å². The highest BCUT2D eigenvalue weighted by molar-refractivity contribution is 9.09. The third-order valence-corrected chi connectivity index (χ3v) is 4.95. The molecule has 18 heavy (non-hydrogen) atoms. The van der Waals surface area contributed by atoms with Gasteiger partial charge in [-0.2, -0.15) is 0 Å². The normalized spacial score (nSPS) is 19.8. The third-order valence-electron chi connectivity index (χ3n) is 3.01. The molecule has 0 saturated carbocycles. The second kappa shape index (κ2) is 5.79. The van der Waals surface area contributed by atoms with Crippen LogP contribution in [0.3, 0.4) is 0 Å². The minimum Gasteiger partial charge on any atom is -0.338 e. The van der Waals surface area contributed by atoms with Gasteiger partial charge < -0.3 is 4.90 Å². The van der Waals surface area contributed by atoms with Crippen molar-refractivity contribution in [3.05, 3.63) is 27.1 Å². The Bertz CT molecular complexity index is 463. The van der Waals surface area contributed by atoms with E-state index in [0.717, 1.165) is 42.6 Å². The molecule has 1 atom stereocenters. The molecule has 1 fully saturated rings. The highest BCUT2D eigenvalue weighted by Gasteiger charge is 2.25. The van der Waals surface area contributed by atoms with Gasteiger partial charge in [0.25, 0.3) is 5.91 Å². The molecule has 0 N–H and O–H groups in total. The first-order valence-electron chi connectivity index (χ1n) is 5.71. The standard InChI is InChI=1S/C11H13BrN2O3S/c12-6-8-2-1-5-13(7-8)11(15)9-3-4-10(18-9)14(16)17/h3-4,8H,1-2,5-7H2. The molecule has 1 aliphatic rings. The summed E-state index contributed by atoms with van der Waals surface area (Å²) in [6.07, 6.45) is 2.12. The van der Waals surface area contributed by atoms with E-state index in [-0.39, 0.29) is 10.9 Å². The van der Waals surface area contributed by atoms with Crippen LogP contribution in [0.4, 0.5) is 5.00 Å². The van der Waals surface area contributed by atoms with Crippen molar-refractivity contribution in [1.82, 2.24) is 4.90 Å². The minimum atomic E-state index is -0.459. The molecule has 2 heterocycles. The molecule has 0 bridgehead atoms. The number of amides is 1. The van der Waals surface area contributed by atoms with Crippen LogP contribution in [0.25, 0.3) is 0 Å². The van der Waals surface area contributed by atoms with Crippen molar-refractivity contribution in [1.29, 1.82) is 0 Å². The molecule has 0 spiro atoms. The lowest BCUT2D eigenvalue weighted by atomic mass is 10.0. The van der Waals surface area contributed by atoms with Gasteiger partial charge in [-0.15, -0.1) is 0 Å². The summed E-state index contributed by atoms with van der Waals surface area (Å²) in [6, 6.07) is 2.94. The van der Waals surface area contributed by atoms with E-state index in [4.69, 9.17) is 0 Å². The van der Waals surface area contributed by atoms with E-state index in [9.17, 15) is 14.9 Å². The van der Waals surface area contributed by atoms with Gasteiger partial charge in [0.15, 0.2) is 0 Å². The van der Waals surface area contributed by atoms with E-state index >= 15 is 0 Å². The van der Waals surface area contributed by atoms with E-state index in [1.807, 2.05) is 0 Å². The molecule has 1 saturated heterocycles. The van der Waals surface area contributed by atoms with Crippen molar-refractivity contribution in [2.45, 2.75) is 12.8 Å². The van der Waals surface area contributed by atoms with Crippen LogP contribution >= 0.6 is 27.3 Å². The van der Waals surface area contributed by atoms with Crippen LogP contribution in [0.5, 0.6) is 0 Å². The molecule has 1 unspecified atom stereocenters. The summed E-state index contributed by atoms with van der Waals surface area (Å²) in [7, 11) is 0. The van der Waals surface area contributed by atoms with Crippen molar-refractivity contribution < 1.29 is 9.72 Å². The van der Waals surface area contributed by atoms with Gasteiger partial charge in [0.1, 0.15) is 0 Å². The number of nitro groups is 1. The molecule has 0 aromatic carbocycles. The Morgan fingerprint density at radius 1 is 1.61 bits per heavy atom. The van der Waals surface area contributed by atoms with Gasteiger partial charge in [-0.25, -0.2) is 0 Å². The number of likely N-dealkylation sites (tertiary alicyclic amines) is 1. The molecule has 2 rings (SSSR count). The topological polar surface area (TPSA) is 63.4 Å². The number of nitrogens with zero attached hydrogens (tertiary/aromatic N) is 2. The van der Waals surface area contributed by atoms with Crippen LogP contribution in [0, 0.1) is 16.0 Å². The van der Waals surface area contributed by atoms with Crippen molar-refractivity contribution in [2.75, 3.05) is 18.4 Å². The second-order valence-electron chi connectivity index (χ2n) is 4.31. The molecule has 5 nitrogen and oxygen atoms in total. The predicted molar refractivity (Wildman–Crippen MR) is 73.4 cm³/mol. The second-order valence-corrected chi connectivity index (χ2v) is 6.02. The van der Waals surface area contributed by atoms with Crippen molar-refractivity contribution in [3.8, 4) is 0 Å². The maximum atomic E-state index is 12.2. The zero-order valence-corrected chi connectivity index (χ0v) is 12.1. The average molecular weight is 333 g/mol. The molecule has 7 heteroatoms. The Balaban J connectivity index is 2.07. The van der Waals surface area contributed by atoms with Crippen molar-refractivity contribution >= 4 is 38.2 Å². The highest BCUT2D eigenvalue weighted by Crippen LogP contribution is 2.27. The van der Waals surface area contributed by atoms with E-state index < -0.39 is 4.92 Å². The molecular weight excluding hydrogens is 320 g/mol. The number of thiophene rings is 1. The third kappa shape index (κ3) is 2.89. The molecule has 1 aromatic heterocycles. The van der Waals surface area contributed by atoms with Crippen LogP contribution in [0.2, 0.25) is 0 Å². The fourth-order valence-electron chi connectivity index (χ4n) is 2.07. The summed E-state index contributed by atoms with van der Waals surface area (Å²) in [5.74, 6) is 0.399. The smallest absolute Gasteiger partial charge is 0.324 e. The molecule has 98 valence electrons. The number of carbonyl (C=O) groups excluding carboxylic acids is 1. The highest BCUT2D eigenvalue weighted by atomic mass is 79.9. The van der Waals surface area contributed by atoms with Gasteiger partial charge in [0.05, 0.1) is 9.80 Å². The Hall–Kier alpha value is -0.950. The fourth-order valence-corrected chi connectivity index (χ4v) is 3.39. The number of rotatable bonds is 3. The Labute approximate surface area is 117 Å². The van der Waals surface area contributed by atoms with E-state index in [1.54, 1.807) is 11.0 Å². The van der Waals surface area contributed by atoms with E-state index in [2.05, 4.69) is 15.9 Å². The van der Waals surface area contributed by atoms with Crippen molar-refractivity contribution in [3.63, 3.8) is 0 Å². The molecule has 1 aliphatic heterocycles. The van der Waals surface area contributed by atoms with Gasteiger partial charge in [-0.3, -0.25) is 14.9 Å². The zero-order valence-electron chi connectivity index (χ0n) is 9.67. The van der Waals surface area contributed by atoms with Crippen LogP contribution in [0.1, 0.15) is 22.5 Å². The largest absolute Gasteiger partial charge is 0.338 e. The maximum Gasteiger partial charge on any atom is 0.324 e. The summed E-state index contributed by atoms with van der Waals surface area (Å²) in [4.78, 5) is 24.6. The quantitative estimate of drug-likeness (QED) is 0.485. The average Bonchev–Trinajstić information content (AvgIpc) is 2.87. The molecule has 1 amide bonds. The van der Waals surface area contributed by atoms with Crippen LogP contribution in [0.15, 0.2) is 12.1 Å². The minimum absolute atomic E-state index is 0.0207. The van der Waals surface area contributed by atoms with E-state index in [1.165, 1.54) is 6.07 Å². The summed E-state index contributed by atoms with van der Waals surface area (Å²) < 4.78 is 0. The summed E-state index contributed by atoms with van der Waals surface area (Å²) in [5, 5.41) is 11.5. The van der Waals surface area contributed by atoms with Gasteiger partial charge in [0.2, 0.25) is 0 Å². The first-order valence-corrected chi connectivity index (χ1v) is 7.65. The van der Waals surface area contributed by atoms with Gasteiger partial charge in [-0.1, -0.05) is 27.3 Å². The lowest BCUT2D eigenvalue weighted by Gasteiger charge is -2.31. The summed E-state index contributed by atoms with van der Waals surface area (Å²) in [6.45, 7) is 1.48. The van der Waals surface area contributed by atoms with Crippen LogP contribution in [-0.2, 0) is 0 Å². The lowest BCUT2D eigenvalue weighted by Crippen LogP contribution is -2.40. The zero-order chi connectivity index (χ0) is 13.1. The summed E-state index contributed by atoms with van der Waals surface area (Å²) in [5.41, 5.74) is 0. The summed E-state index contributed by atoms with van der Waals surface area (Å²) >= 11 is 4.39. The van der Waals surface area contributed by atoms with Crippen LogP contribution < -0.4 is 0 Å². The Morgan fingerprint density at radius 2 is 2.39 bits per heavy atom. The molecule has 0 radical (unpaired) electrons. The van der Waals surface area contributed by atoms with Crippen LogP contribution in [-0.4, -0.2) is 34.2 Å². The first-order chi connectivity index (χ1) is 8.61. The number of piperidine rings is 1. The number of alkyl halides is 1. The number of hydrogen-bond donors (Lipinski definition) is 0. The maximum absolute atomic E-state index is 12.2. The fraction of sp³-hybridized carbons (Fsp3) is 0.545. The first kappa shape index (κ1) is 13.5. The number of halogens is 1. The van der Waals surface area contributed by atoms with Gasteiger partial charge >= 0.3 is 5.00 Å². The monoisotopic (exact) mass is 332 g/mol. The molecule has 0 aliphatic carbocycles. The van der Waals surface area contributed by atoms with Gasteiger partial charge in [-0.05, 0) is 24.8 Å². The number of carbonyl (C=O) groups is 1. The molecular formula is C11H13BrN2O3S. The Kier molecular flexibility index (Phi) is 4.34. The van der Waals surface area contributed by atoms with E-state index in [0.29, 0.717) is 10.8 Å². The lowest BCUT2D eigenvalue weighted by molar-refractivity contribution is -0.380. The predicted octanol–water partition coefficient (Wildman–Crippen LogP) is 2.90.